The monoisotopic (exact) mass is 294 g/mol. The SMILES string of the molecule is CCCC(N)C(=O)NCCCOCC1CCCO1.Cl. The maximum atomic E-state index is 11.5. The Bertz CT molecular complexity index is 236. The largest absolute Gasteiger partial charge is 0.379 e. The predicted molar refractivity (Wildman–Crippen MR) is 77.6 cm³/mol. The molecule has 19 heavy (non-hydrogen) atoms. The van der Waals surface area contributed by atoms with E-state index in [0.717, 1.165) is 38.7 Å². The van der Waals surface area contributed by atoms with E-state index in [4.69, 9.17) is 15.2 Å². The number of amides is 1. The summed E-state index contributed by atoms with van der Waals surface area (Å²) in [6.45, 7) is 4.83. The maximum Gasteiger partial charge on any atom is 0.236 e. The lowest BCUT2D eigenvalue weighted by Crippen LogP contribution is -2.41. The molecule has 0 aromatic heterocycles. The van der Waals surface area contributed by atoms with Crippen LogP contribution in [0.25, 0.3) is 0 Å². The topological polar surface area (TPSA) is 73.6 Å². The van der Waals surface area contributed by atoms with Gasteiger partial charge < -0.3 is 20.5 Å². The first-order chi connectivity index (χ1) is 8.74. The van der Waals surface area contributed by atoms with E-state index in [1.165, 1.54) is 0 Å². The van der Waals surface area contributed by atoms with E-state index >= 15 is 0 Å². The second-order valence-corrected chi connectivity index (χ2v) is 4.75. The van der Waals surface area contributed by atoms with Crippen molar-refractivity contribution in [3.63, 3.8) is 0 Å². The fourth-order valence-corrected chi connectivity index (χ4v) is 1.95. The van der Waals surface area contributed by atoms with Gasteiger partial charge in [-0.15, -0.1) is 12.4 Å². The summed E-state index contributed by atoms with van der Waals surface area (Å²) < 4.78 is 10.9. The summed E-state index contributed by atoms with van der Waals surface area (Å²) >= 11 is 0. The van der Waals surface area contributed by atoms with Gasteiger partial charge in [-0.2, -0.15) is 0 Å². The van der Waals surface area contributed by atoms with E-state index in [2.05, 4.69) is 5.32 Å². The van der Waals surface area contributed by atoms with Crippen molar-refractivity contribution in [2.45, 2.75) is 51.2 Å². The first-order valence-corrected chi connectivity index (χ1v) is 6.96. The number of carbonyl (C=O) groups excluding carboxylic acids is 1. The number of nitrogens with two attached hydrogens (primary N) is 1. The van der Waals surface area contributed by atoms with Gasteiger partial charge in [0.1, 0.15) is 0 Å². The number of ether oxygens (including phenoxy) is 2. The molecule has 0 saturated carbocycles. The van der Waals surface area contributed by atoms with E-state index in [9.17, 15) is 4.79 Å². The smallest absolute Gasteiger partial charge is 0.236 e. The van der Waals surface area contributed by atoms with Crippen LogP contribution in [0.1, 0.15) is 39.0 Å². The molecule has 114 valence electrons. The van der Waals surface area contributed by atoms with Gasteiger partial charge in [-0.25, -0.2) is 0 Å². The Kier molecular flexibility index (Phi) is 11.2. The highest BCUT2D eigenvalue weighted by Gasteiger charge is 2.15. The summed E-state index contributed by atoms with van der Waals surface area (Å²) in [4.78, 5) is 11.5. The molecular weight excluding hydrogens is 268 g/mol. The van der Waals surface area contributed by atoms with Gasteiger partial charge in [-0.3, -0.25) is 4.79 Å². The highest BCUT2D eigenvalue weighted by molar-refractivity contribution is 5.85. The van der Waals surface area contributed by atoms with Crippen molar-refractivity contribution in [3.05, 3.63) is 0 Å². The summed E-state index contributed by atoms with van der Waals surface area (Å²) in [6.07, 6.45) is 5.00. The molecule has 1 saturated heterocycles. The van der Waals surface area contributed by atoms with Crippen LogP contribution in [0.4, 0.5) is 0 Å². The first kappa shape index (κ1) is 18.6. The molecule has 0 aromatic rings. The fraction of sp³-hybridized carbons (Fsp3) is 0.923. The van der Waals surface area contributed by atoms with Gasteiger partial charge in [0, 0.05) is 19.8 Å². The van der Waals surface area contributed by atoms with Crippen LogP contribution in [0.3, 0.4) is 0 Å². The average molecular weight is 295 g/mol. The Morgan fingerprint density at radius 1 is 1.58 bits per heavy atom. The lowest BCUT2D eigenvalue weighted by Gasteiger charge is -2.12. The van der Waals surface area contributed by atoms with Crippen LogP contribution < -0.4 is 11.1 Å². The van der Waals surface area contributed by atoms with Crippen LogP contribution in [0.5, 0.6) is 0 Å². The minimum absolute atomic E-state index is 0. The minimum Gasteiger partial charge on any atom is -0.379 e. The van der Waals surface area contributed by atoms with E-state index in [-0.39, 0.29) is 30.5 Å². The zero-order chi connectivity index (χ0) is 13.2. The normalized spacial score (nSPS) is 19.8. The molecule has 0 bridgehead atoms. The zero-order valence-corrected chi connectivity index (χ0v) is 12.5. The van der Waals surface area contributed by atoms with Gasteiger partial charge in [0.15, 0.2) is 0 Å². The number of nitrogens with one attached hydrogen (secondary N) is 1. The van der Waals surface area contributed by atoms with Gasteiger partial charge in [-0.05, 0) is 25.7 Å². The van der Waals surface area contributed by atoms with Crippen LogP contribution in [0, 0.1) is 0 Å². The molecule has 0 aromatic carbocycles. The molecule has 0 radical (unpaired) electrons. The van der Waals surface area contributed by atoms with Gasteiger partial charge in [0.2, 0.25) is 5.91 Å². The van der Waals surface area contributed by atoms with Gasteiger partial charge in [0.05, 0.1) is 18.8 Å². The number of hydrogen-bond donors (Lipinski definition) is 2. The molecule has 6 heteroatoms. The Balaban J connectivity index is 0.00000324. The Hall–Kier alpha value is -0.360. The Morgan fingerprint density at radius 2 is 2.37 bits per heavy atom. The maximum absolute atomic E-state index is 11.5. The van der Waals surface area contributed by atoms with Crippen molar-refractivity contribution in [2.24, 2.45) is 5.73 Å². The number of halogens is 1. The van der Waals surface area contributed by atoms with Crippen LogP contribution in [0.15, 0.2) is 0 Å². The van der Waals surface area contributed by atoms with E-state index < -0.39 is 0 Å². The number of carbonyl (C=O) groups is 1. The van der Waals surface area contributed by atoms with Crippen molar-refractivity contribution >= 4 is 18.3 Å². The molecule has 0 aliphatic carbocycles. The minimum atomic E-state index is -0.372. The molecule has 3 N–H and O–H groups in total. The van der Waals surface area contributed by atoms with Crippen molar-refractivity contribution in [1.82, 2.24) is 5.32 Å². The highest BCUT2D eigenvalue weighted by Crippen LogP contribution is 2.11. The second kappa shape index (κ2) is 11.5. The fourth-order valence-electron chi connectivity index (χ4n) is 1.95. The second-order valence-electron chi connectivity index (χ2n) is 4.75. The van der Waals surface area contributed by atoms with E-state index in [1.807, 2.05) is 6.92 Å². The first-order valence-electron chi connectivity index (χ1n) is 6.96. The third kappa shape index (κ3) is 8.42. The standard InChI is InChI=1S/C13H26N2O3.ClH/c1-2-5-12(14)13(16)15-7-4-8-17-10-11-6-3-9-18-11;/h11-12H,2-10,14H2,1H3,(H,15,16);1H. The van der Waals surface area contributed by atoms with Crippen LogP contribution in [-0.4, -0.2) is 44.4 Å². The Morgan fingerprint density at radius 3 is 3.00 bits per heavy atom. The Labute approximate surface area is 122 Å². The lowest BCUT2D eigenvalue weighted by atomic mass is 10.2. The van der Waals surface area contributed by atoms with Crippen molar-refractivity contribution in [1.29, 1.82) is 0 Å². The number of rotatable bonds is 9. The van der Waals surface area contributed by atoms with E-state index in [1.54, 1.807) is 0 Å². The van der Waals surface area contributed by atoms with Crippen LogP contribution in [-0.2, 0) is 14.3 Å². The molecule has 1 heterocycles. The molecule has 0 spiro atoms. The summed E-state index contributed by atoms with van der Waals surface area (Å²) in [5.41, 5.74) is 5.69. The third-order valence-corrected chi connectivity index (χ3v) is 3.03. The predicted octanol–water partition coefficient (Wildman–Crippen LogP) is 1.24. The molecular formula is C13H27ClN2O3. The molecule has 2 unspecified atom stereocenters. The molecule has 2 atom stereocenters. The highest BCUT2D eigenvalue weighted by atomic mass is 35.5. The lowest BCUT2D eigenvalue weighted by molar-refractivity contribution is -0.122. The number of hydrogen-bond acceptors (Lipinski definition) is 4. The van der Waals surface area contributed by atoms with Crippen molar-refractivity contribution in [3.8, 4) is 0 Å². The zero-order valence-electron chi connectivity index (χ0n) is 11.7. The molecule has 1 aliphatic heterocycles. The van der Waals surface area contributed by atoms with Crippen molar-refractivity contribution < 1.29 is 14.3 Å². The average Bonchev–Trinajstić information content (AvgIpc) is 2.86. The van der Waals surface area contributed by atoms with Crippen LogP contribution in [0.2, 0.25) is 0 Å². The van der Waals surface area contributed by atoms with Crippen molar-refractivity contribution in [2.75, 3.05) is 26.4 Å². The molecule has 1 rings (SSSR count). The van der Waals surface area contributed by atoms with Crippen LogP contribution >= 0.6 is 12.4 Å². The van der Waals surface area contributed by atoms with Gasteiger partial charge in [-0.1, -0.05) is 13.3 Å². The molecule has 5 nitrogen and oxygen atoms in total. The third-order valence-electron chi connectivity index (χ3n) is 3.03. The molecule has 1 fully saturated rings. The summed E-state index contributed by atoms with van der Waals surface area (Å²) in [5, 5.41) is 2.82. The molecule has 1 amide bonds. The summed E-state index contributed by atoms with van der Waals surface area (Å²) in [5.74, 6) is -0.0593. The van der Waals surface area contributed by atoms with E-state index in [0.29, 0.717) is 19.8 Å². The summed E-state index contributed by atoms with van der Waals surface area (Å²) in [7, 11) is 0. The quantitative estimate of drug-likeness (QED) is 0.628. The van der Waals surface area contributed by atoms with Gasteiger partial charge in [0.25, 0.3) is 0 Å². The molecule has 1 aliphatic rings. The summed E-state index contributed by atoms with van der Waals surface area (Å²) in [6, 6.07) is -0.372. The van der Waals surface area contributed by atoms with Gasteiger partial charge >= 0.3 is 0 Å².